The number of likely N-dealkylation sites (tertiary alicyclic amines) is 1. The van der Waals surface area contributed by atoms with Crippen LogP contribution in [-0.2, 0) is 11.2 Å². The van der Waals surface area contributed by atoms with Crippen LogP contribution in [-0.4, -0.2) is 77.6 Å². The predicted octanol–water partition coefficient (Wildman–Crippen LogP) is 2.62. The molecule has 0 unspecified atom stereocenters. The van der Waals surface area contributed by atoms with Crippen molar-refractivity contribution in [2.24, 2.45) is 5.92 Å². The highest BCUT2D eigenvalue weighted by atomic mass is 127. The summed E-state index contributed by atoms with van der Waals surface area (Å²) in [5.41, 5.74) is -0.0756. The summed E-state index contributed by atoms with van der Waals surface area (Å²) in [5.74, 6) is -3.48. The Kier molecular flexibility index (Phi) is 9.46. The van der Waals surface area contributed by atoms with Crippen molar-refractivity contribution in [1.82, 2.24) is 9.80 Å². The SMILES string of the molecule is O=C(CC1CN(C(=O)c2ccc(F)c(F)c2Cc2ccc(I)cc2F)C1)CN(CCO)CCO. The van der Waals surface area contributed by atoms with Gasteiger partial charge in [-0.15, -0.1) is 0 Å². The predicted molar refractivity (Wildman–Crippen MR) is 128 cm³/mol. The lowest BCUT2D eigenvalue weighted by Crippen LogP contribution is -2.51. The Balaban J connectivity index is 1.66. The molecular formula is C24H26F3IN2O4. The number of carbonyl (C=O) groups is 2. The highest BCUT2D eigenvalue weighted by Gasteiger charge is 2.34. The van der Waals surface area contributed by atoms with Crippen molar-refractivity contribution >= 4 is 34.3 Å². The second-order valence-electron chi connectivity index (χ2n) is 8.34. The fraction of sp³-hybridized carbons (Fsp3) is 0.417. The normalized spacial score (nSPS) is 13.9. The monoisotopic (exact) mass is 590 g/mol. The zero-order chi connectivity index (χ0) is 24.8. The average molecular weight is 590 g/mol. The van der Waals surface area contributed by atoms with Crippen LogP contribution in [0.3, 0.4) is 0 Å². The molecule has 0 spiro atoms. The van der Waals surface area contributed by atoms with E-state index in [4.69, 9.17) is 10.2 Å². The number of halogens is 4. The minimum absolute atomic E-state index is 0.0290. The molecule has 0 radical (unpaired) electrons. The Labute approximate surface area is 209 Å². The first kappa shape index (κ1) is 26.6. The summed E-state index contributed by atoms with van der Waals surface area (Å²) in [7, 11) is 0. The number of aliphatic hydroxyl groups is 2. The third-order valence-electron chi connectivity index (χ3n) is 5.80. The molecule has 2 N–H and O–H groups in total. The van der Waals surface area contributed by atoms with Crippen molar-refractivity contribution in [3.05, 3.63) is 68.0 Å². The largest absolute Gasteiger partial charge is 0.395 e. The van der Waals surface area contributed by atoms with Gasteiger partial charge in [-0.2, -0.15) is 0 Å². The molecular weight excluding hydrogens is 564 g/mol. The van der Waals surface area contributed by atoms with Crippen LogP contribution in [0.1, 0.15) is 27.9 Å². The van der Waals surface area contributed by atoms with Crippen molar-refractivity contribution in [2.45, 2.75) is 12.8 Å². The lowest BCUT2D eigenvalue weighted by molar-refractivity contribution is -0.122. The van der Waals surface area contributed by atoms with Crippen molar-refractivity contribution in [3.63, 3.8) is 0 Å². The van der Waals surface area contributed by atoms with E-state index in [9.17, 15) is 22.8 Å². The lowest BCUT2D eigenvalue weighted by atomic mass is 9.91. The van der Waals surface area contributed by atoms with Gasteiger partial charge >= 0.3 is 0 Å². The van der Waals surface area contributed by atoms with E-state index >= 15 is 0 Å². The molecule has 0 aliphatic carbocycles. The van der Waals surface area contributed by atoms with Crippen molar-refractivity contribution in [2.75, 3.05) is 45.9 Å². The Bertz CT molecular complexity index is 1040. The molecule has 0 atom stereocenters. The molecule has 34 heavy (non-hydrogen) atoms. The molecule has 1 saturated heterocycles. The smallest absolute Gasteiger partial charge is 0.254 e. The zero-order valence-corrected chi connectivity index (χ0v) is 20.6. The molecule has 1 amide bonds. The van der Waals surface area contributed by atoms with E-state index in [0.717, 1.165) is 6.07 Å². The van der Waals surface area contributed by atoms with Gasteiger partial charge in [-0.05, 0) is 52.4 Å². The number of nitrogens with zero attached hydrogens (tertiary/aromatic N) is 2. The van der Waals surface area contributed by atoms with Gasteiger partial charge in [-0.3, -0.25) is 14.5 Å². The van der Waals surface area contributed by atoms with E-state index in [0.29, 0.717) is 16.7 Å². The first-order chi connectivity index (χ1) is 16.2. The minimum atomic E-state index is -1.18. The minimum Gasteiger partial charge on any atom is -0.395 e. The third-order valence-corrected chi connectivity index (χ3v) is 6.47. The maximum absolute atomic E-state index is 14.6. The maximum atomic E-state index is 14.6. The molecule has 2 aromatic carbocycles. The number of hydrogen-bond acceptors (Lipinski definition) is 5. The fourth-order valence-corrected chi connectivity index (χ4v) is 4.50. The van der Waals surface area contributed by atoms with Gasteiger partial charge in [0.05, 0.1) is 19.8 Å². The second-order valence-corrected chi connectivity index (χ2v) is 9.59. The summed E-state index contributed by atoms with van der Waals surface area (Å²) in [6, 6.07) is 6.51. The summed E-state index contributed by atoms with van der Waals surface area (Å²) >= 11 is 1.94. The van der Waals surface area contributed by atoms with E-state index in [2.05, 4.69) is 0 Å². The van der Waals surface area contributed by atoms with Gasteiger partial charge in [0.2, 0.25) is 0 Å². The molecule has 10 heteroatoms. The molecule has 3 rings (SSSR count). The number of carbonyl (C=O) groups excluding carboxylic acids is 2. The summed E-state index contributed by atoms with van der Waals surface area (Å²) < 4.78 is 43.6. The van der Waals surface area contributed by atoms with E-state index in [1.807, 2.05) is 22.6 Å². The first-order valence-electron chi connectivity index (χ1n) is 10.9. The number of aliphatic hydroxyl groups excluding tert-OH is 2. The molecule has 1 heterocycles. The topological polar surface area (TPSA) is 81.1 Å². The van der Waals surface area contributed by atoms with Gasteiger partial charge in [0.15, 0.2) is 11.6 Å². The molecule has 184 valence electrons. The van der Waals surface area contributed by atoms with Crippen LogP contribution >= 0.6 is 22.6 Å². The van der Waals surface area contributed by atoms with Gasteiger partial charge in [0, 0.05) is 59.6 Å². The molecule has 1 fully saturated rings. The summed E-state index contributed by atoms with van der Waals surface area (Å²) in [6.45, 7) is 0.995. The Morgan fingerprint density at radius 1 is 1.03 bits per heavy atom. The number of hydrogen-bond donors (Lipinski definition) is 2. The number of ketones is 1. The van der Waals surface area contributed by atoms with Gasteiger partial charge < -0.3 is 15.1 Å². The van der Waals surface area contributed by atoms with Crippen molar-refractivity contribution < 1.29 is 33.0 Å². The van der Waals surface area contributed by atoms with E-state index in [1.165, 1.54) is 23.1 Å². The quantitative estimate of drug-likeness (QED) is 0.394. The number of rotatable bonds is 11. The van der Waals surface area contributed by atoms with Crippen LogP contribution < -0.4 is 0 Å². The fourth-order valence-electron chi connectivity index (χ4n) is 4.05. The lowest BCUT2D eigenvalue weighted by Gasteiger charge is -2.39. The van der Waals surface area contributed by atoms with E-state index in [1.54, 1.807) is 11.0 Å². The molecule has 6 nitrogen and oxygen atoms in total. The Morgan fingerprint density at radius 2 is 1.71 bits per heavy atom. The van der Waals surface area contributed by atoms with Gasteiger partial charge in [-0.1, -0.05) is 6.07 Å². The third kappa shape index (κ3) is 6.55. The standard InChI is InChI=1S/C24H26F3IN2O4/c25-21-4-3-19(20(23(21)27)10-16-1-2-17(28)11-22(16)26)24(34)30-12-15(13-30)9-18(33)14-29(5-7-31)6-8-32/h1-4,11,15,31-32H,5-10,12-14H2. The second kappa shape index (κ2) is 12.1. The van der Waals surface area contributed by atoms with Gasteiger partial charge in [0.25, 0.3) is 5.91 Å². The van der Waals surface area contributed by atoms with Gasteiger partial charge in [-0.25, -0.2) is 13.2 Å². The summed E-state index contributed by atoms with van der Waals surface area (Å²) in [6.07, 6.45) is -0.0373. The van der Waals surface area contributed by atoms with E-state index < -0.39 is 23.4 Å². The van der Waals surface area contributed by atoms with Gasteiger partial charge in [0.1, 0.15) is 11.6 Å². The number of amides is 1. The molecule has 0 saturated carbocycles. The number of Topliss-reactive ketones (excluding diaryl/α,β-unsaturated/α-hetero) is 1. The molecule has 2 aromatic rings. The summed E-state index contributed by atoms with van der Waals surface area (Å²) in [5, 5.41) is 18.1. The first-order valence-corrected chi connectivity index (χ1v) is 12.0. The highest BCUT2D eigenvalue weighted by molar-refractivity contribution is 14.1. The van der Waals surface area contributed by atoms with Crippen molar-refractivity contribution in [3.8, 4) is 0 Å². The number of benzene rings is 2. The van der Waals surface area contributed by atoms with Crippen LogP contribution in [0.25, 0.3) is 0 Å². The Hall–Kier alpha value is -2.02. The van der Waals surface area contributed by atoms with Crippen LogP contribution in [0, 0.1) is 26.9 Å². The highest BCUT2D eigenvalue weighted by Crippen LogP contribution is 2.27. The van der Waals surface area contributed by atoms with Crippen LogP contribution in [0.2, 0.25) is 0 Å². The van der Waals surface area contributed by atoms with Crippen LogP contribution in [0.5, 0.6) is 0 Å². The summed E-state index contributed by atoms with van der Waals surface area (Å²) in [4.78, 5) is 28.4. The van der Waals surface area contributed by atoms with Crippen LogP contribution in [0.4, 0.5) is 13.2 Å². The maximum Gasteiger partial charge on any atom is 0.254 e. The average Bonchev–Trinajstić information content (AvgIpc) is 2.75. The van der Waals surface area contributed by atoms with E-state index in [-0.39, 0.29) is 74.1 Å². The molecule has 1 aliphatic heterocycles. The van der Waals surface area contributed by atoms with Crippen molar-refractivity contribution in [1.29, 1.82) is 0 Å². The van der Waals surface area contributed by atoms with Crippen LogP contribution in [0.15, 0.2) is 30.3 Å². The molecule has 1 aliphatic rings. The Morgan fingerprint density at radius 3 is 2.32 bits per heavy atom. The molecule has 0 aromatic heterocycles. The molecule has 0 bridgehead atoms. The zero-order valence-electron chi connectivity index (χ0n) is 18.4.